The molecule has 1 aliphatic rings. The third-order valence-corrected chi connectivity index (χ3v) is 5.34. The fourth-order valence-corrected chi connectivity index (χ4v) is 4.32. The molecule has 7 nitrogen and oxygen atoms in total. The van der Waals surface area contributed by atoms with E-state index in [0.29, 0.717) is 19.1 Å². The lowest BCUT2D eigenvalue weighted by atomic mass is 10.1. The maximum absolute atomic E-state index is 11.5. The number of nitrogens with one attached hydrogen (secondary N) is 2. The third kappa shape index (κ3) is 9.06. The Morgan fingerprint density at radius 2 is 2.00 bits per heavy atom. The van der Waals surface area contributed by atoms with Gasteiger partial charge in [0, 0.05) is 38.1 Å². The highest BCUT2D eigenvalue weighted by molar-refractivity contribution is 14.0. The molecule has 1 unspecified atom stereocenters. The van der Waals surface area contributed by atoms with Crippen LogP contribution in [0.3, 0.4) is 0 Å². The minimum atomic E-state index is -3.26. The van der Waals surface area contributed by atoms with Gasteiger partial charge >= 0.3 is 0 Å². The topological polar surface area (TPSA) is 83.0 Å². The van der Waals surface area contributed by atoms with Crippen molar-refractivity contribution in [2.75, 3.05) is 39.5 Å². The van der Waals surface area contributed by atoms with Gasteiger partial charge in [0.05, 0.1) is 19.5 Å². The van der Waals surface area contributed by atoms with Gasteiger partial charge in [0.1, 0.15) is 0 Å². The first-order valence-corrected chi connectivity index (χ1v) is 11.1. The minimum absolute atomic E-state index is 0. The van der Waals surface area contributed by atoms with Crippen molar-refractivity contribution in [3.05, 3.63) is 35.9 Å². The fourth-order valence-electron chi connectivity index (χ4n) is 3.25. The lowest BCUT2D eigenvalue weighted by Gasteiger charge is -2.29. The van der Waals surface area contributed by atoms with E-state index in [9.17, 15) is 8.42 Å². The SMILES string of the molecule is CN=C(NCC(C)(C)NS(C)(=O)=O)N1CCC(COCc2ccccc2)C1.I. The smallest absolute Gasteiger partial charge is 0.209 e. The van der Waals surface area contributed by atoms with Gasteiger partial charge < -0.3 is 15.0 Å². The van der Waals surface area contributed by atoms with E-state index in [2.05, 4.69) is 32.1 Å². The molecule has 9 heteroatoms. The molecule has 1 aromatic carbocycles. The van der Waals surface area contributed by atoms with Crippen LogP contribution in [0, 0.1) is 5.92 Å². The number of nitrogens with zero attached hydrogens (tertiary/aromatic N) is 2. The quantitative estimate of drug-likeness (QED) is 0.309. The van der Waals surface area contributed by atoms with Crippen LogP contribution in [0.4, 0.5) is 0 Å². The molecule has 28 heavy (non-hydrogen) atoms. The molecule has 0 aliphatic carbocycles. The molecule has 1 fully saturated rings. The highest BCUT2D eigenvalue weighted by Gasteiger charge is 2.27. The summed E-state index contributed by atoms with van der Waals surface area (Å²) < 4.78 is 31.4. The normalized spacial score (nSPS) is 18.1. The molecule has 1 aromatic rings. The monoisotopic (exact) mass is 524 g/mol. The summed E-state index contributed by atoms with van der Waals surface area (Å²) in [6, 6.07) is 10.2. The standard InChI is InChI=1S/C19H32N4O3S.HI/c1-19(2,22-27(4,24)25)15-21-18(20-3)23-11-10-17(12-23)14-26-13-16-8-6-5-7-9-16;/h5-9,17,22H,10-15H2,1-4H3,(H,20,21);1H. The number of rotatable bonds is 8. The highest BCUT2D eigenvalue weighted by Crippen LogP contribution is 2.17. The van der Waals surface area contributed by atoms with Gasteiger partial charge in [0.2, 0.25) is 10.0 Å². The molecule has 0 amide bonds. The van der Waals surface area contributed by atoms with Crippen LogP contribution < -0.4 is 10.0 Å². The molecule has 2 rings (SSSR count). The summed E-state index contributed by atoms with van der Waals surface area (Å²) in [6.45, 7) is 7.31. The highest BCUT2D eigenvalue weighted by atomic mass is 127. The first-order chi connectivity index (χ1) is 12.7. The molecule has 1 atom stereocenters. The number of aliphatic imine (C=N–C) groups is 1. The van der Waals surface area contributed by atoms with E-state index in [1.807, 2.05) is 32.0 Å². The van der Waals surface area contributed by atoms with Crippen LogP contribution in [0.1, 0.15) is 25.8 Å². The number of hydrogen-bond acceptors (Lipinski definition) is 4. The predicted molar refractivity (Wildman–Crippen MR) is 125 cm³/mol. The Balaban J connectivity index is 0.00000392. The van der Waals surface area contributed by atoms with E-state index in [1.54, 1.807) is 7.05 Å². The van der Waals surface area contributed by atoms with Gasteiger partial charge in [0.15, 0.2) is 5.96 Å². The van der Waals surface area contributed by atoms with Gasteiger partial charge in [-0.05, 0) is 25.8 Å². The summed E-state index contributed by atoms with van der Waals surface area (Å²) in [4.78, 5) is 6.55. The Hall–Kier alpha value is -0.910. The van der Waals surface area contributed by atoms with Crippen molar-refractivity contribution < 1.29 is 13.2 Å². The molecule has 0 saturated carbocycles. The zero-order valence-corrected chi connectivity index (χ0v) is 20.3. The van der Waals surface area contributed by atoms with Crippen LogP contribution in [0.2, 0.25) is 0 Å². The molecule has 2 N–H and O–H groups in total. The summed E-state index contributed by atoms with van der Waals surface area (Å²) in [5.41, 5.74) is 0.590. The molecule has 0 spiro atoms. The van der Waals surface area contributed by atoms with Crippen LogP contribution in [0.15, 0.2) is 35.3 Å². The zero-order chi connectivity index (χ0) is 19.9. The Labute approximate surface area is 186 Å². The number of ether oxygens (including phenoxy) is 1. The lowest BCUT2D eigenvalue weighted by molar-refractivity contribution is 0.0906. The lowest BCUT2D eigenvalue weighted by Crippen LogP contribution is -2.53. The van der Waals surface area contributed by atoms with Crippen LogP contribution >= 0.6 is 24.0 Å². The van der Waals surface area contributed by atoms with E-state index in [-0.39, 0.29) is 24.0 Å². The van der Waals surface area contributed by atoms with Gasteiger partial charge in [-0.1, -0.05) is 30.3 Å². The molecular weight excluding hydrogens is 491 g/mol. The van der Waals surface area contributed by atoms with Crippen molar-refractivity contribution >= 4 is 40.0 Å². The summed E-state index contributed by atoms with van der Waals surface area (Å²) in [6.07, 6.45) is 2.23. The van der Waals surface area contributed by atoms with Crippen LogP contribution in [0.25, 0.3) is 0 Å². The summed E-state index contributed by atoms with van der Waals surface area (Å²) in [5, 5.41) is 3.28. The largest absolute Gasteiger partial charge is 0.376 e. The third-order valence-electron chi connectivity index (χ3n) is 4.41. The number of likely N-dealkylation sites (tertiary alicyclic amines) is 1. The van der Waals surface area contributed by atoms with E-state index in [0.717, 1.165) is 32.1 Å². The second-order valence-electron chi connectivity index (χ2n) is 7.76. The van der Waals surface area contributed by atoms with E-state index in [1.165, 1.54) is 11.8 Å². The Morgan fingerprint density at radius 1 is 1.32 bits per heavy atom. The molecule has 1 heterocycles. The van der Waals surface area contributed by atoms with Gasteiger partial charge in [-0.25, -0.2) is 13.1 Å². The van der Waals surface area contributed by atoms with Gasteiger partial charge in [0.25, 0.3) is 0 Å². The molecular formula is C19H33IN4O3S. The molecule has 0 radical (unpaired) electrons. The first-order valence-electron chi connectivity index (χ1n) is 9.25. The number of guanidine groups is 1. The van der Waals surface area contributed by atoms with E-state index < -0.39 is 15.6 Å². The second-order valence-corrected chi connectivity index (χ2v) is 9.51. The van der Waals surface area contributed by atoms with Crippen molar-refractivity contribution in [1.82, 2.24) is 14.9 Å². The van der Waals surface area contributed by atoms with Crippen molar-refractivity contribution in [2.24, 2.45) is 10.9 Å². The second kappa shape index (κ2) is 11.3. The average molecular weight is 524 g/mol. The van der Waals surface area contributed by atoms with Crippen molar-refractivity contribution in [2.45, 2.75) is 32.4 Å². The van der Waals surface area contributed by atoms with E-state index >= 15 is 0 Å². The summed E-state index contributed by atoms with van der Waals surface area (Å²) in [7, 11) is -1.51. The fraction of sp³-hybridized carbons (Fsp3) is 0.632. The molecule has 160 valence electrons. The summed E-state index contributed by atoms with van der Waals surface area (Å²) in [5.74, 6) is 1.26. The van der Waals surface area contributed by atoms with Gasteiger partial charge in [-0.3, -0.25) is 4.99 Å². The maximum atomic E-state index is 11.5. The van der Waals surface area contributed by atoms with E-state index in [4.69, 9.17) is 4.74 Å². The van der Waals surface area contributed by atoms with Gasteiger partial charge in [-0.2, -0.15) is 0 Å². The number of halogens is 1. The summed E-state index contributed by atoms with van der Waals surface area (Å²) >= 11 is 0. The number of benzene rings is 1. The Bertz CT molecular complexity index is 726. The number of sulfonamides is 1. The average Bonchev–Trinajstić information content (AvgIpc) is 3.03. The molecule has 0 aromatic heterocycles. The van der Waals surface area contributed by atoms with Crippen LogP contribution in [-0.4, -0.2) is 64.4 Å². The predicted octanol–water partition coefficient (Wildman–Crippen LogP) is 2.05. The van der Waals surface area contributed by atoms with Crippen LogP contribution in [0.5, 0.6) is 0 Å². The first kappa shape index (κ1) is 25.1. The van der Waals surface area contributed by atoms with Crippen molar-refractivity contribution in [1.29, 1.82) is 0 Å². The molecule has 0 bridgehead atoms. The minimum Gasteiger partial charge on any atom is -0.376 e. The van der Waals surface area contributed by atoms with Crippen molar-refractivity contribution in [3.63, 3.8) is 0 Å². The Morgan fingerprint density at radius 3 is 2.61 bits per heavy atom. The maximum Gasteiger partial charge on any atom is 0.209 e. The van der Waals surface area contributed by atoms with Crippen LogP contribution in [-0.2, 0) is 21.4 Å². The Kier molecular flexibility index (Phi) is 10.2. The zero-order valence-electron chi connectivity index (χ0n) is 17.1. The van der Waals surface area contributed by atoms with Gasteiger partial charge in [-0.15, -0.1) is 24.0 Å². The molecule has 1 saturated heterocycles. The van der Waals surface area contributed by atoms with Crippen molar-refractivity contribution in [3.8, 4) is 0 Å². The number of hydrogen-bond donors (Lipinski definition) is 2. The molecule has 1 aliphatic heterocycles.